The van der Waals surface area contributed by atoms with Crippen LogP contribution < -0.4 is 16.0 Å². The van der Waals surface area contributed by atoms with Crippen LogP contribution in [-0.2, 0) is 10.0 Å². The Morgan fingerprint density at radius 1 is 1.38 bits per heavy atom. The molecule has 0 atom stereocenters. The minimum atomic E-state index is -4.00. The molecule has 21 heavy (non-hydrogen) atoms. The minimum absolute atomic E-state index is 0.258. The fourth-order valence-electron chi connectivity index (χ4n) is 2.07. The zero-order chi connectivity index (χ0) is 16.3. The average Bonchev–Trinajstić information content (AvgIpc) is 2.36. The number of nitro groups is 1. The van der Waals surface area contributed by atoms with Crippen molar-refractivity contribution in [1.29, 1.82) is 0 Å². The molecule has 1 aromatic rings. The molecule has 0 spiro atoms. The molecule has 0 saturated carbocycles. The summed E-state index contributed by atoms with van der Waals surface area (Å²) in [7, 11) is -4.00. The number of hydrogen-bond donors (Lipinski definition) is 3. The van der Waals surface area contributed by atoms with E-state index in [1.54, 1.807) is 13.8 Å². The summed E-state index contributed by atoms with van der Waals surface area (Å²) in [4.78, 5) is 9.95. The van der Waals surface area contributed by atoms with Crippen LogP contribution in [0.25, 0.3) is 0 Å². The van der Waals surface area contributed by atoms with Crippen molar-refractivity contribution in [2.75, 3.05) is 5.43 Å². The van der Waals surface area contributed by atoms with Crippen LogP contribution in [0.3, 0.4) is 0 Å². The van der Waals surface area contributed by atoms with Gasteiger partial charge < -0.3 is 5.43 Å². The second-order valence-corrected chi connectivity index (χ2v) is 6.97. The number of rotatable bonds is 7. The number of sulfonamides is 1. The van der Waals surface area contributed by atoms with Crippen molar-refractivity contribution < 1.29 is 13.3 Å². The summed E-state index contributed by atoms with van der Waals surface area (Å²) < 4.78 is 27.3. The van der Waals surface area contributed by atoms with Crippen molar-refractivity contribution in [2.24, 2.45) is 5.84 Å². The number of hydrogen-bond acceptors (Lipinski definition) is 6. The summed E-state index contributed by atoms with van der Waals surface area (Å²) in [5, 5.41) is 11.1. The van der Waals surface area contributed by atoms with Gasteiger partial charge in [-0.3, -0.25) is 16.0 Å². The van der Waals surface area contributed by atoms with Crippen LogP contribution in [0.1, 0.15) is 33.6 Å². The van der Waals surface area contributed by atoms with E-state index in [-0.39, 0.29) is 10.6 Å². The zero-order valence-electron chi connectivity index (χ0n) is 12.2. The van der Waals surface area contributed by atoms with Gasteiger partial charge in [-0.05, 0) is 32.4 Å². The molecule has 8 nitrogen and oxygen atoms in total. The van der Waals surface area contributed by atoms with Crippen LogP contribution in [-0.4, -0.2) is 18.9 Å². The molecule has 0 bridgehead atoms. The lowest BCUT2D eigenvalue weighted by Gasteiger charge is -2.25. The molecule has 0 saturated heterocycles. The molecule has 1 aromatic carbocycles. The van der Waals surface area contributed by atoms with Gasteiger partial charge in [0.2, 0.25) is 10.0 Å². The first-order valence-corrected chi connectivity index (χ1v) is 7.90. The van der Waals surface area contributed by atoms with Crippen molar-refractivity contribution in [3.8, 4) is 0 Å². The van der Waals surface area contributed by atoms with Gasteiger partial charge in [0.1, 0.15) is 0 Å². The van der Waals surface area contributed by atoms with Crippen molar-refractivity contribution in [2.45, 2.75) is 44.0 Å². The molecule has 0 aliphatic rings. The smallest absolute Gasteiger partial charge is 0.291 e. The Balaban J connectivity index is 3.28. The van der Waals surface area contributed by atoms with E-state index in [4.69, 9.17) is 5.84 Å². The first-order chi connectivity index (χ1) is 9.63. The Morgan fingerprint density at radius 2 is 2.00 bits per heavy atom. The molecule has 0 aromatic heterocycles. The van der Waals surface area contributed by atoms with Gasteiger partial charge in [-0.2, -0.15) is 0 Å². The number of nitrogens with two attached hydrogens (primary N) is 1. The summed E-state index contributed by atoms with van der Waals surface area (Å²) in [5.74, 6) is 5.18. The maximum Gasteiger partial charge on any atom is 0.291 e. The second kappa shape index (κ2) is 6.37. The molecule has 0 heterocycles. The van der Waals surface area contributed by atoms with Crippen molar-refractivity contribution >= 4 is 21.4 Å². The summed E-state index contributed by atoms with van der Waals surface area (Å²) in [6.45, 7) is 5.39. The zero-order valence-corrected chi connectivity index (χ0v) is 13.0. The predicted octanol–water partition coefficient (Wildman–Crippen LogP) is 1.74. The van der Waals surface area contributed by atoms with E-state index in [1.807, 2.05) is 6.92 Å². The Labute approximate surface area is 123 Å². The van der Waals surface area contributed by atoms with Crippen LogP contribution in [0, 0.1) is 10.1 Å². The van der Waals surface area contributed by atoms with E-state index in [0.29, 0.717) is 6.42 Å². The van der Waals surface area contributed by atoms with E-state index in [2.05, 4.69) is 10.1 Å². The highest BCUT2D eigenvalue weighted by Crippen LogP contribution is 2.28. The Hall–Kier alpha value is -1.71. The molecular formula is C12H20N4O4S. The molecule has 0 amide bonds. The second-order valence-electron chi connectivity index (χ2n) is 5.32. The summed E-state index contributed by atoms with van der Waals surface area (Å²) in [6.07, 6.45) is 1.40. The Bertz CT molecular complexity index is 628. The van der Waals surface area contributed by atoms with Gasteiger partial charge in [-0.15, -0.1) is 0 Å². The molecule has 0 unspecified atom stereocenters. The molecule has 1 rings (SSSR count). The maximum atomic E-state index is 12.4. The number of nitrogens with one attached hydrogen (secondary N) is 2. The number of anilines is 1. The molecule has 0 fully saturated rings. The lowest BCUT2D eigenvalue weighted by atomic mass is 10.0. The quantitative estimate of drug-likeness (QED) is 0.399. The topological polar surface area (TPSA) is 127 Å². The predicted molar refractivity (Wildman–Crippen MR) is 80.2 cm³/mol. The monoisotopic (exact) mass is 316 g/mol. The van der Waals surface area contributed by atoms with E-state index < -0.39 is 26.2 Å². The molecule has 0 aliphatic carbocycles. The average molecular weight is 316 g/mol. The number of nitro benzene ring substituents is 1. The van der Waals surface area contributed by atoms with Crippen LogP contribution in [0.15, 0.2) is 23.1 Å². The molecular weight excluding hydrogens is 296 g/mol. The first-order valence-electron chi connectivity index (χ1n) is 6.42. The highest BCUT2D eigenvalue weighted by molar-refractivity contribution is 7.89. The SMILES string of the molecule is CCCC(C)(C)NS(=O)(=O)c1ccc(NN)cc1[N+](=O)[O-]. The number of nitrogen functional groups attached to an aromatic ring is 1. The molecule has 0 aliphatic heterocycles. The fourth-order valence-corrected chi connectivity index (χ4v) is 3.67. The summed E-state index contributed by atoms with van der Waals surface area (Å²) in [6, 6.07) is 3.62. The number of nitrogens with zero attached hydrogens (tertiary/aromatic N) is 1. The standard InChI is InChI=1S/C12H20N4O4S/c1-4-7-12(2,3)15-21(19,20)11-6-5-9(14-13)8-10(11)16(17)18/h5-6,8,14-15H,4,7,13H2,1-3H3. The minimum Gasteiger partial charge on any atom is -0.324 e. The summed E-state index contributed by atoms with van der Waals surface area (Å²) >= 11 is 0. The lowest BCUT2D eigenvalue weighted by Crippen LogP contribution is -2.43. The largest absolute Gasteiger partial charge is 0.324 e. The Morgan fingerprint density at radius 3 is 2.48 bits per heavy atom. The number of hydrazine groups is 1. The Kier molecular flexibility index (Phi) is 5.26. The maximum absolute atomic E-state index is 12.4. The van der Waals surface area contributed by atoms with Gasteiger partial charge in [0, 0.05) is 11.6 Å². The van der Waals surface area contributed by atoms with Crippen molar-refractivity contribution in [3.63, 3.8) is 0 Å². The van der Waals surface area contributed by atoms with Gasteiger partial charge in [-0.1, -0.05) is 13.3 Å². The van der Waals surface area contributed by atoms with Crippen LogP contribution in [0.2, 0.25) is 0 Å². The van der Waals surface area contributed by atoms with Crippen molar-refractivity contribution in [1.82, 2.24) is 4.72 Å². The normalized spacial score (nSPS) is 12.2. The van der Waals surface area contributed by atoms with Gasteiger partial charge >= 0.3 is 0 Å². The first kappa shape index (κ1) is 17.3. The molecule has 4 N–H and O–H groups in total. The molecule has 0 radical (unpaired) electrons. The number of benzene rings is 1. The summed E-state index contributed by atoms with van der Waals surface area (Å²) in [5.41, 5.74) is 1.30. The third-order valence-electron chi connectivity index (χ3n) is 2.90. The van der Waals surface area contributed by atoms with Crippen molar-refractivity contribution in [3.05, 3.63) is 28.3 Å². The third kappa shape index (κ3) is 4.38. The van der Waals surface area contributed by atoms with E-state index in [1.165, 1.54) is 6.07 Å². The fraction of sp³-hybridized carbons (Fsp3) is 0.500. The van der Waals surface area contributed by atoms with Gasteiger partial charge in [-0.25, -0.2) is 13.1 Å². The van der Waals surface area contributed by atoms with Crippen LogP contribution in [0.4, 0.5) is 11.4 Å². The van der Waals surface area contributed by atoms with E-state index in [0.717, 1.165) is 18.6 Å². The van der Waals surface area contributed by atoms with Crippen LogP contribution in [0.5, 0.6) is 0 Å². The lowest BCUT2D eigenvalue weighted by molar-refractivity contribution is -0.387. The molecule has 9 heteroatoms. The van der Waals surface area contributed by atoms with Gasteiger partial charge in [0.15, 0.2) is 4.90 Å². The highest BCUT2D eigenvalue weighted by Gasteiger charge is 2.31. The highest BCUT2D eigenvalue weighted by atomic mass is 32.2. The van der Waals surface area contributed by atoms with Gasteiger partial charge in [0.05, 0.1) is 10.6 Å². The van der Waals surface area contributed by atoms with Gasteiger partial charge in [0.25, 0.3) is 5.69 Å². The van der Waals surface area contributed by atoms with E-state index >= 15 is 0 Å². The third-order valence-corrected chi connectivity index (χ3v) is 4.64. The van der Waals surface area contributed by atoms with Crippen LogP contribution >= 0.6 is 0 Å². The van der Waals surface area contributed by atoms with E-state index in [9.17, 15) is 18.5 Å². The molecule has 118 valence electrons.